The van der Waals surface area contributed by atoms with Gasteiger partial charge in [-0.3, -0.25) is 4.90 Å². The molecule has 0 heterocycles. The van der Waals surface area contributed by atoms with Gasteiger partial charge >= 0.3 is 6.09 Å². The molecule has 0 fully saturated rings. The zero-order chi connectivity index (χ0) is 17.5. The maximum Gasteiger partial charge on any atom is 0.407 e. The van der Waals surface area contributed by atoms with E-state index in [1.807, 2.05) is 27.8 Å². The van der Waals surface area contributed by atoms with Crippen LogP contribution in [0.1, 0.15) is 32.8 Å². The SMILES string of the molecule is CN(Cc1ccc(F)cc1)C(CN)CCNC(=O)OC(C)(C)C. The van der Waals surface area contributed by atoms with Crippen molar-refractivity contribution in [1.82, 2.24) is 10.2 Å². The molecule has 1 aromatic carbocycles. The molecule has 0 saturated heterocycles. The summed E-state index contributed by atoms with van der Waals surface area (Å²) in [7, 11) is 1.97. The Hall–Kier alpha value is -1.66. The van der Waals surface area contributed by atoms with E-state index in [1.54, 1.807) is 12.1 Å². The van der Waals surface area contributed by atoms with Crippen LogP contribution in [0, 0.1) is 5.82 Å². The van der Waals surface area contributed by atoms with Gasteiger partial charge in [0.1, 0.15) is 11.4 Å². The first kappa shape index (κ1) is 19.4. The van der Waals surface area contributed by atoms with Crippen LogP contribution in [0.15, 0.2) is 24.3 Å². The van der Waals surface area contributed by atoms with Crippen LogP contribution in [0.25, 0.3) is 0 Å². The largest absolute Gasteiger partial charge is 0.444 e. The molecular formula is C17H28FN3O2. The number of hydrogen-bond donors (Lipinski definition) is 2. The van der Waals surface area contributed by atoms with Crippen LogP contribution in [0.3, 0.4) is 0 Å². The fourth-order valence-electron chi connectivity index (χ4n) is 2.18. The highest BCUT2D eigenvalue weighted by molar-refractivity contribution is 5.67. The van der Waals surface area contributed by atoms with E-state index in [4.69, 9.17) is 10.5 Å². The summed E-state index contributed by atoms with van der Waals surface area (Å²) in [5.41, 5.74) is 6.34. The average Bonchev–Trinajstić information content (AvgIpc) is 2.44. The van der Waals surface area contributed by atoms with Crippen molar-refractivity contribution in [3.8, 4) is 0 Å². The highest BCUT2D eigenvalue weighted by Gasteiger charge is 2.17. The quantitative estimate of drug-likeness (QED) is 0.808. The van der Waals surface area contributed by atoms with E-state index in [2.05, 4.69) is 10.2 Å². The lowest BCUT2D eigenvalue weighted by molar-refractivity contribution is 0.0522. The van der Waals surface area contributed by atoms with E-state index in [0.717, 1.165) is 5.56 Å². The Bertz CT molecular complexity index is 486. The number of halogens is 1. The van der Waals surface area contributed by atoms with Crippen molar-refractivity contribution in [3.63, 3.8) is 0 Å². The first-order valence-electron chi connectivity index (χ1n) is 7.83. The first-order chi connectivity index (χ1) is 10.7. The molecule has 1 rings (SSSR count). The van der Waals surface area contributed by atoms with Crippen LogP contribution in [-0.4, -0.2) is 42.8 Å². The Morgan fingerprint density at radius 3 is 2.48 bits per heavy atom. The summed E-state index contributed by atoms with van der Waals surface area (Å²) in [5, 5.41) is 2.74. The van der Waals surface area contributed by atoms with Crippen molar-refractivity contribution in [3.05, 3.63) is 35.6 Å². The topological polar surface area (TPSA) is 67.6 Å². The van der Waals surface area contributed by atoms with Crippen molar-refractivity contribution in [1.29, 1.82) is 0 Å². The number of carbonyl (C=O) groups excluding carboxylic acids is 1. The normalized spacial score (nSPS) is 13.0. The minimum Gasteiger partial charge on any atom is -0.444 e. The Labute approximate surface area is 138 Å². The molecule has 0 bridgehead atoms. The fourth-order valence-corrected chi connectivity index (χ4v) is 2.18. The lowest BCUT2D eigenvalue weighted by atomic mass is 10.1. The van der Waals surface area contributed by atoms with Gasteiger partial charge in [-0.1, -0.05) is 12.1 Å². The van der Waals surface area contributed by atoms with Crippen LogP contribution in [0.5, 0.6) is 0 Å². The summed E-state index contributed by atoms with van der Waals surface area (Å²) in [6, 6.07) is 6.54. The molecule has 1 atom stereocenters. The van der Waals surface area contributed by atoms with Crippen molar-refractivity contribution in [2.75, 3.05) is 20.1 Å². The van der Waals surface area contributed by atoms with Gasteiger partial charge in [0.05, 0.1) is 0 Å². The van der Waals surface area contributed by atoms with Gasteiger partial charge in [0.15, 0.2) is 0 Å². The number of benzene rings is 1. The number of nitrogens with one attached hydrogen (secondary N) is 1. The molecule has 1 amide bonds. The third-order valence-corrected chi connectivity index (χ3v) is 3.39. The second kappa shape index (κ2) is 8.84. The zero-order valence-electron chi connectivity index (χ0n) is 14.4. The number of nitrogens with two attached hydrogens (primary N) is 1. The minimum absolute atomic E-state index is 0.120. The molecule has 5 nitrogen and oxygen atoms in total. The molecule has 6 heteroatoms. The molecule has 130 valence electrons. The van der Waals surface area contributed by atoms with E-state index >= 15 is 0 Å². The highest BCUT2D eigenvalue weighted by Crippen LogP contribution is 2.10. The van der Waals surface area contributed by atoms with Crippen molar-refractivity contribution in [2.45, 2.75) is 45.4 Å². The molecule has 0 saturated carbocycles. The van der Waals surface area contributed by atoms with Crippen LogP contribution in [0.4, 0.5) is 9.18 Å². The van der Waals surface area contributed by atoms with Crippen LogP contribution in [-0.2, 0) is 11.3 Å². The van der Waals surface area contributed by atoms with E-state index in [-0.39, 0.29) is 11.9 Å². The zero-order valence-corrected chi connectivity index (χ0v) is 14.4. The molecule has 0 aliphatic carbocycles. The van der Waals surface area contributed by atoms with Gasteiger partial charge < -0.3 is 15.8 Å². The van der Waals surface area contributed by atoms with Gasteiger partial charge in [-0.25, -0.2) is 9.18 Å². The number of ether oxygens (including phenoxy) is 1. The number of rotatable bonds is 7. The second-order valence-electron chi connectivity index (χ2n) is 6.65. The molecule has 3 N–H and O–H groups in total. The monoisotopic (exact) mass is 325 g/mol. The molecular weight excluding hydrogens is 297 g/mol. The summed E-state index contributed by atoms with van der Waals surface area (Å²) in [6.45, 7) is 7.12. The van der Waals surface area contributed by atoms with Gasteiger partial charge in [0.25, 0.3) is 0 Å². The lowest BCUT2D eigenvalue weighted by Crippen LogP contribution is -2.41. The number of carbonyl (C=O) groups is 1. The second-order valence-corrected chi connectivity index (χ2v) is 6.65. The van der Waals surface area contributed by atoms with E-state index < -0.39 is 11.7 Å². The van der Waals surface area contributed by atoms with Gasteiger partial charge in [0.2, 0.25) is 0 Å². The molecule has 23 heavy (non-hydrogen) atoms. The summed E-state index contributed by atoms with van der Waals surface area (Å²) in [6.07, 6.45) is 0.294. The molecule has 0 aromatic heterocycles. The Morgan fingerprint density at radius 1 is 1.35 bits per heavy atom. The first-order valence-corrected chi connectivity index (χ1v) is 7.83. The summed E-state index contributed by atoms with van der Waals surface area (Å²) >= 11 is 0. The molecule has 0 spiro atoms. The van der Waals surface area contributed by atoms with Crippen LogP contribution in [0.2, 0.25) is 0 Å². The summed E-state index contributed by atoms with van der Waals surface area (Å²) in [5.74, 6) is -0.242. The third-order valence-electron chi connectivity index (χ3n) is 3.39. The maximum atomic E-state index is 12.9. The minimum atomic E-state index is -0.503. The third kappa shape index (κ3) is 7.95. The van der Waals surface area contributed by atoms with Gasteiger partial charge in [-0.05, 0) is 51.9 Å². The number of amides is 1. The van der Waals surface area contributed by atoms with Gasteiger partial charge in [-0.15, -0.1) is 0 Å². The van der Waals surface area contributed by atoms with E-state index in [9.17, 15) is 9.18 Å². The standard InChI is InChI=1S/C17H28FN3O2/c1-17(2,3)23-16(22)20-10-9-15(11-19)21(4)12-13-5-7-14(18)8-6-13/h5-8,15H,9-12,19H2,1-4H3,(H,20,22). The van der Waals surface area contributed by atoms with E-state index in [0.29, 0.717) is 26.1 Å². The number of likely N-dealkylation sites (N-methyl/N-ethyl adjacent to an activating group) is 1. The van der Waals surface area contributed by atoms with Crippen molar-refractivity contribution >= 4 is 6.09 Å². The Morgan fingerprint density at radius 2 is 1.96 bits per heavy atom. The van der Waals surface area contributed by atoms with Crippen LogP contribution >= 0.6 is 0 Å². The fraction of sp³-hybridized carbons (Fsp3) is 0.588. The van der Waals surface area contributed by atoms with E-state index in [1.165, 1.54) is 12.1 Å². The molecule has 0 radical (unpaired) electrons. The Kier molecular flexibility index (Phi) is 7.45. The van der Waals surface area contributed by atoms with Gasteiger partial charge in [-0.2, -0.15) is 0 Å². The lowest BCUT2D eigenvalue weighted by Gasteiger charge is -2.27. The predicted molar refractivity (Wildman–Crippen MR) is 89.6 cm³/mol. The number of alkyl carbamates (subject to hydrolysis) is 1. The number of hydrogen-bond acceptors (Lipinski definition) is 4. The van der Waals surface area contributed by atoms with Crippen LogP contribution < -0.4 is 11.1 Å². The highest BCUT2D eigenvalue weighted by atomic mass is 19.1. The predicted octanol–water partition coefficient (Wildman–Crippen LogP) is 2.50. The summed E-state index contributed by atoms with van der Waals surface area (Å²) < 4.78 is 18.1. The van der Waals surface area contributed by atoms with Crippen molar-refractivity contribution < 1.29 is 13.9 Å². The molecule has 1 unspecified atom stereocenters. The smallest absolute Gasteiger partial charge is 0.407 e. The molecule has 0 aliphatic rings. The molecule has 0 aliphatic heterocycles. The van der Waals surface area contributed by atoms with Crippen molar-refractivity contribution in [2.24, 2.45) is 5.73 Å². The maximum absolute atomic E-state index is 12.9. The average molecular weight is 325 g/mol. The van der Waals surface area contributed by atoms with Gasteiger partial charge in [0, 0.05) is 25.7 Å². The molecule has 1 aromatic rings. The summed E-state index contributed by atoms with van der Waals surface area (Å²) in [4.78, 5) is 13.7. The Balaban J connectivity index is 2.40. The number of nitrogens with zero attached hydrogens (tertiary/aromatic N) is 1.